The molecule has 1 heterocycles. The average molecular weight is 510 g/mol. The fraction of sp³-hybridized carbons (Fsp3) is 0.400. The number of rotatable bonds is 9. The van der Waals surface area contributed by atoms with E-state index in [9.17, 15) is 0 Å². The van der Waals surface area contributed by atoms with E-state index in [-0.39, 0.29) is 31.6 Å². The lowest BCUT2D eigenvalue weighted by atomic mass is 10.2. The Kier molecular flexibility index (Phi) is 10.9. The van der Waals surface area contributed by atoms with Crippen LogP contribution in [-0.4, -0.2) is 46.0 Å². The minimum atomic E-state index is 0. The van der Waals surface area contributed by atoms with Gasteiger partial charge < -0.3 is 29.2 Å². The maximum absolute atomic E-state index is 6.02. The molecule has 0 spiro atoms. The highest BCUT2D eigenvalue weighted by atomic mass is 79.9. The molecule has 29 heavy (non-hydrogen) atoms. The van der Waals surface area contributed by atoms with Crippen molar-refractivity contribution in [2.45, 2.75) is 13.2 Å². The van der Waals surface area contributed by atoms with Crippen LogP contribution in [-0.2, 0) is 13.2 Å². The van der Waals surface area contributed by atoms with Gasteiger partial charge in [0.15, 0.2) is 23.0 Å². The van der Waals surface area contributed by atoms with Gasteiger partial charge in [-0.3, -0.25) is 0 Å². The van der Waals surface area contributed by atoms with Gasteiger partial charge in [-0.05, 0) is 65.4 Å². The largest absolute Gasteiger partial charge is 0.493 e. The lowest BCUT2D eigenvalue weighted by Gasteiger charge is -2.15. The summed E-state index contributed by atoms with van der Waals surface area (Å²) in [5, 5.41) is 3.43. The molecule has 0 atom stereocenters. The first-order valence-electron chi connectivity index (χ1n) is 8.80. The maximum Gasteiger partial charge on any atom is 0.231 e. The van der Waals surface area contributed by atoms with E-state index in [0.29, 0.717) is 18.1 Å². The first kappa shape index (κ1) is 25.7. The second-order valence-electron chi connectivity index (χ2n) is 6.57. The molecule has 0 unspecified atom stereocenters. The molecule has 1 aliphatic heterocycles. The van der Waals surface area contributed by atoms with E-state index in [1.807, 2.05) is 24.3 Å². The third-order valence-corrected chi connectivity index (χ3v) is 4.76. The zero-order chi connectivity index (χ0) is 19.2. The van der Waals surface area contributed by atoms with Gasteiger partial charge in [-0.25, -0.2) is 0 Å². The molecule has 1 N–H and O–H groups in total. The Morgan fingerprint density at radius 1 is 1.07 bits per heavy atom. The molecule has 1 aliphatic rings. The Morgan fingerprint density at radius 3 is 2.55 bits per heavy atom. The van der Waals surface area contributed by atoms with E-state index < -0.39 is 0 Å². The van der Waals surface area contributed by atoms with Crippen molar-refractivity contribution in [3.63, 3.8) is 0 Å². The van der Waals surface area contributed by atoms with Crippen LogP contribution in [0.5, 0.6) is 23.0 Å². The molecule has 6 nitrogen and oxygen atoms in total. The van der Waals surface area contributed by atoms with Gasteiger partial charge in [0, 0.05) is 19.6 Å². The van der Waals surface area contributed by atoms with E-state index in [1.165, 1.54) is 0 Å². The predicted octanol–water partition coefficient (Wildman–Crippen LogP) is 4.26. The lowest BCUT2D eigenvalue weighted by molar-refractivity contribution is 0.174. The lowest BCUT2D eigenvalue weighted by Crippen LogP contribution is -2.26. The van der Waals surface area contributed by atoms with Crippen molar-refractivity contribution in [2.24, 2.45) is 0 Å². The minimum absolute atomic E-state index is 0. The summed E-state index contributed by atoms with van der Waals surface area (Å²) in [6.45, 7) is 3.37. The van der Waals surface area contributed by atoms with Crippen molar-refractivity contribution < 1.29 is 18.9 Å². The Balaban J connectivity index is 0.00000210. The first-order valence-corrected chi connectivity index (χ1v) is 9.59. The topological polar surface area (TPSA) is 52.2 Å². The van der Waals surface area contributed by atoms with Crippen molar-refractivity contribution >= 4 is 40.7 Å². The average Bonchev–Trinajstić information content (AvgIpc) is 3.11. The summed E-state index contributed by atoms with van der Waals surface area (Å²) in [5.41, 5.74) is 2.13. The number of likely N-dealkylation sites (N-methyl/N-ethyl adjacent to an activating group) is 1. The summed E-state index contributed by atoms with van der Waals surface area (Å²) in [5.74, 6) is 2.91. The summed E-state index contributed by atoms with van der Waals surface area (Å²) in [6, 6.07) is 9.86. The van der Waals surface area contributed by atoms with E-state index in [2.05, 4.69) is 46.3 Å². The zero-order valence-corrected chi connectivity index (χ0v) is 19.9. The Labute approximate surface area is 192 Å². The zero-order valence-electron chi connectivity index (χ0n) is 16.7. The number of hydrogen-bond acceptors (Lipinski definition) is 6. The molecule has 3 rings (SSSR count). The van der Waals surface area contributed by atoms with E-state index >= 15 is 0 Å². The van der Waals surface area contributed by atoms with E-state index in [0.717, 1.165) is 46.7 Å². The van der Waals surface area contributed by atoms with Gasteiger partial charge in [-0.15, -0.1) is 24.8 Å². The fourth-order valence-corrected chi connectivity index (χ4v) is 3.34. The van der Waals surface area contributed by atoms with Gasteiger partial charge in [-0.2, -0.15) is 0 Å². The number of halogens is 3. The number of benzene rings is 2. The summed E-state index contributed by atoms with van der Waals surface area (Å²) in [7, 11) is 5.78. The van der Waals surface area contributed by atoms with Crippen molar-refractivity contribution in [1.82, 2.24) is 10.2 Å². The summed E-state index contributed by atoms with van der Waals surface area (Å²) in [6.07, 6.45) is 0. The number of fused-ring (bicyclic) bond motifs is 1. The molecule has 0 bridgehead atoms. The third kappa shape index (κ3) is 7.12. The standard InChI is InChI=1S/C20H25BrN2O4.2ClH/c1-23(2)7-6-22-11-15-8-16(21)20(19(10-15)24-3)25-12-14-4-5-17-18(9-14)27-13-26-17;;/h4-5,8-10,22H,6-7,11-13H2,1-3H3;2*1H. The first-order chi connectivity index (χ1) is 13.1. The molecule has 0 radical (unpaired) electrons. The van der Waals surface area contributed by atoms with Crippen LogP contribution in [0, 0.1) is 0 Å². The van der Waals surface area contributed by atoms with Gasteiger partial charge in [0.1, 0.15) is 6.61 Å². The molecule has 0 saturated carbocycles. The Hall–Kier alpha value is -1.38. The van der Waals surface area contributed by atoms with Crippen LogP contribution >= 0.6 is 40.7 Å². The number of methoxy groups -OCH3 is 1. The monoisotopic (exact) mass is 508 g/mol. The van der Waals surface area contributed by atoms with Crippen LogP contribution in [0.2, 0.25) is 0 Å². The van der Waals surface area contributed by atoms with Gasteiger partial charge in [0.2, 0.25) is 6.79 Å². The molecule has 9 heteroatoms. The van der Waals surface area contributed by atoms with Crippen LogP contribution < -0.4 is 24.3 Å². The van der Waals surface area contributed by atoms with Crippen LogP contribution in [0.1, 0.15) is 11.1 Å². The van der Waals surface area contributed by atoms with Crippen LogP contribution in [0.4, 0.5) is 0 Å². The second kappa shape index (κ2) is 12.3. The smallest absolute Gasteiger partial charge is 0.231 e. The Morgan fingerprint density at radius 2 is 1.83 bits per heavy atom. The molecular formula is C20H27BrCl2N2O4. The van der Waals surface area contributed by atoms with Gasteiger partial charge >= 0.3 is 0 Å². The Bertz CT molecular complexity index is 793. The van der Waals surface area contributed by atoms with Crippen molar-refractivity contribution in [3.8, 4) is 23.0 Å². The molecule has 0 amide bonds. The highest BCUT2D eigenvalue weighted by Gasteiger charge is 2.15. The molecule has 0 fully saturated rings. The van der Waals surface area contributed by atoms with Crippen LogP contribution in [0.15, 0.2) is 34.8 Å². The van der Waals surface area contributed by atoms with Crippen molar-refractivity contribution in [1.29, 1.82) is 0 Å². The molecule has 2 aromatic rings. The van der Waals surface area contributed by atoms with Crippen LogP contribution in [0.25, 0.3) is 0 Å². The highest BCUT2D eigenvalue weighted by molar-refractivity contribution is 9.10. The number of hydrogen-bond donors (Lipinski definition) is 1. The molecule has 0 saturated heterocycles. The van der Waals surface area contributed by atoms with E-state index in [1.54, 1.807) is 7.11 Å². The second-order valence-corrected chi connectivity index (χ2v) is 7.42. The van der Waals surface area contributed by atoms with Crippen molar-refractivity contribution in [3.05, 3.63) is 45.9 Å². The molecule has 0 aliphatic carbocycles. The molecular weight excluding hydrogens is 483 g/mol. The normalized spacial score (nSPS) is 11.6. The summed E-state index contributed by atoms with van der Waals surface area (Å²) in [4.78, 5) is 2.15. The highest BCUT2D eigenvalue weighted by Crippen LogP contribution is 2.38. The molecule has 162 valence electrons. The summed E-state index contributed by atoms with van der Waals surface area (Å²) < 4.78 is 23.2. The van der Waals surface area contributed by atoms with Gasteiger partial charge in [0.05, 0.1) is 11.6 Å². The SMILES string of the molecule is COc1cc(CNCCN(C)C)cc(Br)c1OCc1ccc2c(c1)OCO2.Cl.Cl. The molecule has 2 aromatic carbocycles. The quantitative estimate of drug-likeness (QED) is 0.510. The number of ether oxygens (including phenoxy) is 4. The van der Waals surface area contributed by atoms with Gasteiger partial charge in [-0.1, -0.05) is 6.07 Å². The number of nitrogens with zero attached hydrogens (tertiary/aromatic N) is 1. The number of nitrogens with one attached hydrogen (secondary N) is 1. The maximum atomic E-state index is 6.02. The summed E-state index contributed by atoms with van der Waals surface area (Å²) >= 11 is 3.61. The van der Waals surface area contributed by atoms with Crippen molar-refractivity contribution in [2.75, 3.05) is 41.1 Å². The third-order valence-electron chi connectivity index (χ3n) is 4.17. The molecule has 0 aromatic heterocycles. The van der Waals surface area contributed by atoms with Crippen LogP contribution in [0.3, 0.4) is 0 Å². The predicted molar refractivity (Wildman–Crippen MR) is 122 cm³/mol. The minimum Gasteiger partial charge on any atom is -0.493 e. The fourth-order valence-electron chi connectivity index (χ4n) is 2.74. The van der Waals surface area contributed by atoms with E-state index in [4.69, 9.17) is 18.9 Å². The van der Waals surface area contributed by atoms with Gasteiger partial charge in [0.25, 0.3) is 0 Å².